The van der Waals surface area contributed by atoms with E-state index < -0.39 is 0 Å². The van der Waals surface area contributed by atoms with Crippen LogP contribution in [0, 0.1) is 5.82 Å². The van der Waals surface area contributed by atoms with Crippen LogP contribution in [0.3, 0.4) is 0 Å². The lowest BCUT2D eigenvalue weighted by atomic mass is 9.37. The maximum absolute atomic E-state index is 14.8. The van der Waals surface area contributed by atoms with E-state index in [4.69, 9.17) is 0 Å². The molecule has 0 atom stereocenters. The van der Waals surface area contributed by atoms with E-state index in [1.807, 2.05) is 18.2 Å². The SMILES string of the molecule is Fc1cccc2c1-c1cccc3c1B2c1ccccc1N3c1ccccc1. The molecule has 0 unspecified atom stereocenters. The minimum absolute atomic E-state index is 0.0815. The Bertz CT molecular complexity index is 1200. The Hall–Kier alpha value is -3.33. The van der Waals surface area contributed by atoms with Crippen LogP contribution in [0.25, 0.3) is 11.1 Å². The molecule has 2 aliphatic rings. The molecule has 0 saturated carbocycles. The average Bonchev–Trinajstić information content (AvgIpc) is 3.06. The van der Waals surface area contributed by atoms with Crippen LogP contribution in [0.5, 0.6) is 0 Å². The zero-order valence-electron chi connectivity index (χ0n) is 14.6. The van der Waals surface area contributed by atoms with Crippen molar-refractivity contribution in [1.82, 2.24) is 0 Å². The van der Waals surface area contributed by atoms with Crippen LogP contribution >= 0.6 is 0 Å². The van der Waals surface area contributed by atoms with Gasteiger partial charge >= 0.3 is 0 Å². The largest absolute Gasteiger partial charge is 0.312 e. The zero-order chi connectivity index (χ0) is 18.0. The maximum atomic E-state index is 14.8. The second-order valence-electron chi connectivity index (χ2n) is 7.11. The van der Waals surface area contributed by atoms with Crippen LogP contribution in [-0.4, -0.2) is 6.71 Å². The van der Waals surface area contributed by atoms with Gasteiger partial charge in [-0.25, -0.2) is 4.39 Å². The lowest BCUT2D eigenvalue weighted by molar-refractivity contribution is 0.632. The number of fused-ring (bicyclic) bond motifs is 5. The molecule has 4 aromatic rings. The van der Waals surface area contributed by atoms with Crippen LogP contribution in [0.2, 0.25) is 0 Å². The van der Waals surface area contributed by atoms with Crippen molar-refractivity contribution in [2.45, 2.75) is 0 Å². The van der Waals surface area contributed by atoms with Crippen molar-refractivity contribution in [3.63, 3.8) is 0 Å². The molecule has 6 rings (SSSR count). The molecule has 3 heteroatoms. The zero-order valence-corrected chi connectivity index (χ0v) is 14.6. The van der Waals surface area contributed by atoms with Gasteiger partial charge in [0.2, 0.25) is 6.71 Å². The Morgan fingerprint density at radius 1 is 0.630 bits per heavy atom. The average molecular weight is 347 g/mol. The van der Waals surface area contributed by atoms with Gasteiger partial charge in [-0.15, -0.1) is 0 Å². The number of hydrogen-bond donors (Lipinski definition) is 0. The number of halogens is 1. The summed E-state index contributed by atoms with van der Waals surface area (Å²) in [5, 5.41) is 0. The van der Waals surface area contributed by atoms with Crippen LogP contribution < -0.4 is 21.3 Å². The summed E-state index contributed by atoms with van der Waals surface area (Å²) >= 11 is 0. The summed E-state index contributed by atoms with van der Waals surface area (Å²) in [6, 6.07) is 30.6. The number of hydrogen-bond acceptors (Lipinski definition) is 1. The van der Waals surface area contributed by atoms with Crippen molar-refractivity contribution in [2.24, 2.45) is 0 Å². The number of nitrogens with zero attached hydrogens (tertiary/aromatic N) is 1. The lowest BCUT2D eigenvalue weighted by Gasteiger charge is -2.35. The molecule has 0 N–H and O–H groups in total. The van der Waals surface area contributed by atoms with Crippen LogP contribution in [0.4, 0.5) is 21.5 Å². The highest BCUT2D eigenvalue weighted by molar-refractivity contribution is 7.01. The van der Waals surface area contributed by atoms with Gasteiger partial charge < -0.3 is 4.90 Å². The van der Waals surface area contributed by atoms with Crippen molar-refractivity contribution < 1.29 is 4.39 Å². The van der Waals surface area contributed by atoms with Crippen LogP contribution in [0.1, 0.15) is 0 Å². The van der Waals surface area contributed by atoms with Gasteiger partial charge in [0.1, 0.15) is 5.82 Å². The van der Waals surface area contributed by atoms with Gasteiger partial charge in [0.25, 0.3) is 0 Å². The van der Waals surface area contributed by atoms with Gasteiger partial charge in [0, 0.05) is 22.6 Å². The first-order valence-electron chi connectivity index (χ1n) is 9.20. The molecule has 0 bridgehead atoms. The van der Waals surface area contributed by atoms with Gasteiger partial charge in [-0.3, -0.25) is 0 Å². The molecule has 0 fully saturated rings. The van der Waals surface area contributed by atoms with Crippen molar-refractivity contribution in [2.75, 3.05) is 4.90 Å². The fraction of sp³-hybridized carbons (Fsp3) is 0. The highest BCUT2D eigenvalue weighted by Crippen LogP contribution is 2.40. The molecular weight excluding hydrogens is 332 g/mol. The van der Waals surface area contributed by atoms with Gasteiger partial charge in [0.15, 0.2) is 0 Å². The fourth-order valence-corrected chi connectivity index (χ4v) is 4.73. The molecule has 2 aliphatic heterocycles. The topological polar surface area (TPSA) is 3.24 Å². The van der Waals surface area contributed by atoms with Crippen LogP contribution in [-0.2, 0) is 0 Å². The molecule has 0 aliphatic carbocycles. The summed E-state index contributed by atoms with van der Waals surface area (Å²) in [4.78, 5) is 2.30. The standard InChI is InChI=1S/C24H15BFN/c26-20-13-7-12-19-23(20)17-10-6-15-22-24(17)25(19)18-11-4-5-14-21(18)27(22)16-8-2-1-3-9-16/h1-15H. The van der Waals surface area contributed by atoms with Crippen molar-refractivity contribution >= 4 is 40.2 Å². The molecule has 4 aromatic carbocycles. The summed E-state index contributed by atoms with van der Waals surface area (Å²) in [5.74, 6) is -0.140. The first-order chi connectivity index (χ1) is 13.3. The Morgan fingerprint density at radius 2 is 1.33 bits per heavy atom. The van der Waals surface area contributed by atoms with E-state index in [0.29, 0.717) is 0 Å². The Kier molecular flexibility index (Phi) is 2.93. The summed E-state index contributed by atoms with van der Waals surface area (Å²) in [6.07, 6.45) is 0. The molecule has 0 saturated heterocycles. The first-order valence-corrected chi connectivity index (χ1v) is 9.20. The summed E-state index contributed by atoms with van der Waals surface area (Å²) in [5.41, 5.74) is 8.69. The fourth-order valence-electron chi connectivity index (χ4n) is 4.73. The molecule has 2 heterocycles. The summed E-state index contributed by atoms with van der Waals surface area (Å²) in [6.45, 7) is 0.0815. The number of benzene rings is 4. The van der Waals surface area contributed by atoms with E-state index in [1.165, 1.54) is 10.9 Å². The second kappa shape index (κ2) is 5.34. The Morgan fingerprint density at radius 3 is 2.22 bits per heavy atom. The van der Waals surface area contributed by atoms with Gasteiger partial charge in [0.05, 0.1) is 0 Å². The summed E-state index contributed by atoms with van der Waals surface area (Å²) < 4.78 is 14.8. The van der Waals surface area contributed by atoms with Crippen LogP contribution in [0.15, 0.2) is 91.0 Å². The molecule has 0 amide bonds. The van der Waals surface area contributed by atoms with Crippen molar-refractivity contribution in [3.8, 4) is 11.1 Å². The Labute approximate surface area is 157 Å². The molecule has 27 heavy (non-hydrogen) atoms. The minimum atomic E-state index is -0.140. The normalized spacial score (nSPS) is 13.2. The minimum Gasteiger partial charge on any atom is -0.312 e. The number of anilines is 3. The quantitative estimate of drug-likeness (QED) is 0.405. The highest BCUT2D eigenvalue weighted by atomic mass is 19.1. The van der Waals surface area contributed by atoms with Gasteiger partial charge in [-0.05, 0) is 46.8 Å². The third-order valence-electron chi connectivity index (χ3n) is 5.74. The molecule has 126 valence electrons. The van der Waals surface area contributed by atoms with E-state index in [9.17, 15) is 4.39 Å². The van der Waals surface area contributed by atoms with Crippen molar-refractivity contribution in [3.05, 3.63) is 96.8 Å². The van der Waals surface area contributed by atoms with Gasteiger partial charge in [-0.2, -0.15) is 0 Å². The highest BCUT2D eigenvalue weighted by Gasteiger charge is 2.42. The lowest BCUT2D eigenvalue weighted by Crippen LogP contribution is -2.54. The van der Waals surface area contributed by atoms with E-state index in [2.05, 4.69) is 71.6 Å². The third kappa shape index (κ3) is 1.89. The van der Waals surface area contributed by atoms with E-state index in [-0.39, 0.29) is 12.5 Å². The number of rotatable bonds is 1. The smallest absolute Gasteiger partial charge is 0.248 e. The predicted molar refractivity (Wildman–Crippen MR) is 111 cm³/mol. The second-order valence-corrected chi connectivity index (χ2v) is 7.11. The third-order valence-corrected chi connectivity index (χ3v) is 5.74. The van der Waals surface area contributed by atoms with E-state index in [1.54, 1.807) is 6.07 Å². The Balaban J connectivity index is 1.74. The summed E-state index contributed by atoms with van der Waals surface area (Å²) in [7, 11) is 0. The van der Waals surface area contributed by atoms with Gasteiger partial charge in [-0.1, -0.05) is 66.1 Å². The monoisotopic (exact) mass is 347 g/mol. The van der Waals surface area contributed by atoms with E-state index >= 15 is 0 Å². The van der Waals surface area contributed by atoms with Crippen molar-refractivity contribution in [1.29, 1.82) is 0 Å². The molecule has 0 aromatic heterocycles. The maximum Gasteiger partial charge on any atom is 0.248 e. The predicted octanol–water partition coefficient (Wildman–Crippen LogP) is 4.11. The molecule has 0 spiro atoms. The molecule has 0 radical (unpaired) electrons. The molecule has 1 nitrogen and oxygen atoms in total. The number of para-hydroxylation sites is 2. The van der Waals surface area contributed by atoms with E-state index in [0.717, 1.165) is 33.7 Å². The first kappa shape index (κ1) is 14.8. The molecular formula is C24H15BFN.